The normalized spacial score (nSPS) is 10.3. The third kappa shape index (κ3) is 2.26. The molecule has 1 aromatic heterocycles. The maximum atomic E-state index is 12.8. The summed E-state index contributed by atoms with van der Waals surface area (Å²) in [6.07, 6.45) is 1.31. The monoisotopic (exact) mass is 267 g/mol. The van der Waals surface area contributed by atoms with Crippen molar-refractivity contribution in [2.75, 3.05) is 0 Å². The highest BCUT2D eigenvalue weighted by molar-refractivity contribution is 6.32. The molecule has 0 fully saturated rings. The van der Waals surface area contributed by atoms with Crippen LogP contribution < -0.4 is 0 Å². The van der Waals surface area contributed by atoms with E-state index in [1.54, 1.807) is 0 Å². The van der Waals surface area contributed by atoms with Crippen molar-refractivity contribution in [1.82, 2.24) is 4.98 Å². The van der Waals surface area contributed by atoms with E-state index in [-0.39, 0.29) is 22.0 Å². The molecule has 4 nitrogen and oxygen atoms in total. The second-order valence-corrected chi connectivity index (χ2v) is 3.89. The summed E-state index contributed by atoms with van der Waals surface area (Å²) in [4.78, 5) is 14.6. The van der Waals surface area contributed by atoms with Gasteiger partial charge in [0.1, 0.15) is 16.7 Å². The van der Waals surface area contributed by atoms with Gasteiger partial charge >= 0.3 is 5.97 Å². The lowest BCUT2D eigenvalue weighted by Crippen LogP contribution is -1.99. The minimum Gasteiger partial charge on any atom is -0.507 e. The number of aromatic hydroxyl groups is 1. The number of carbonyl (C=O) groups is 1. The molecular weight excluding hydrogens is 261 g/mol. The molecule has 0 spiro atoms. The van der Waals surface area contributed by atoms with Crippen molar-refractivity contribution in [2.24, 2.45) is 0 Å². The zero-order valence-corrected chi connectivity index (χ0v) is 9.65. The molecule has 0 aliphatic rings. The molecule has 1 heterocycles. The highest BCUT2D eigenvalue weighted by Gasteiger charge is 2.13. The van der Waals surface area contributed by atoms with Crippen LogP contribution in [0.2, 0.25) is 5.15 Å². The van der Waals surface area contributed by atoms with Gasteiger partial charge in [-0.2, -0.15) is 0 Å². The van der Waals surface area contributed by atoms with E-state index in [4.69, 9.17) is 16.7 Å². The molecule has 1 aromatic carbocycles. The first-order valence-corrected chi connectivity index (χ1v) is 5.24. The molecule has 0 radical (unpaired) electrons. The van der Waals surface area contributed by atoms with Gasteiger partial charge in [-0.15, -0.1) is 0 Å². The number of carboxylic acids is 1. The zero-order chi connectivity index (χ0) is 13.3. The number of rotatable bonds is 2. The van der Waals surface area contributed by atoms with Crippen LogP contribution in [0.5, 0.6) is 5.75 Å². The highest BCUT2D eigenvalue weighted by Crippen LogP contribution is 2.30. The van der Waals surface area contributed by atoms with Gasteiger partial charge in [-0.05, 0) is 18.2 Å². The molecule has 0 bridgehead atoms. The average Bonchev–Trinajstić information content (AvgIpc) is 2.30. The fraction of sp³-hybridized carbons (Fsp3) is 0. The number of pyridine rings is 1. The summed E-state index contributed by atoms with van der Waals surface area (Å²) in [6.45, 7) is 0. The molecule has 0 aliphatic heterocycles. The Morgan fingerprint density at radius 2 is 2.06 bits per heavy atom. The largest absolute Gasteiger partial charge is 0.507 e. The Bertz CT molecular complexity index is 631. The van der Waals surface area contributed by atoms with Crippen molar-refractivity contribution in [3.8, 4) is 16.9 Å². The molecule has 0 amide bonds. The summed E-state index contributed by atoms with van der Waals surface area (Å²) in [6, 6.07) is 4.69. The second kappa shape index (κ2) is 4.62. The molecular formula is C12H7ClFNO3. The predicted molar refractivity (Wildman–Crippen MR) is 63.3 cm³/mol. The van der Waals surface area contributed by atoms with Crippen molar-refractivity contribution in [3.05, 3.63) is 47.0 Å². The van der Waals surface area contributed by atoms with Gasteiger partial charge in [-0.3, -0.25) is 0 Å². The number of phenolic OH excluding ortho intramolecular Hbond substituents is 1. The van der Waals surface area contributed by atoms with Crippen LogP contribution in [0.25, 0.3) is 11.1 Å². The second-order valence-electron chi connectivity index (χ2n) is 3.53. The molecule has 2 rings (SSSR count). The molecule has 92 valence electrons. The van der Waals surface area contributed by atoms with Gasteiger partial charge < -0.3 is 10.2 Å². The van der Waals surface area contributed by atoms with Crippen molar-refractivity contribution >= 4 is 17.6 Å². The predicted octanol–water partition coefficient (Wildman–Crippen LogP) is 2.94. The Balaban J connectivity index is 2.58. The van der Waals surface area contributed by atoms with Crippen LogP contribution in [-0.4, -0.2) is 21.2 Å². The maximum absolute atomic E-state index is 12.8. The lowest BCUT2D eigenvalue weighted by Gasteiger charge is -2.06. The Morgan fingerprint density at radius 1 is 1.33 bits per heavy atom. The zero-order valence-electron chi connectivity index (χ0n) is 8.89. The fourth-order valence-electron chi connectivity index (χ4n) is 1.49. The number of benzene rings is 1. The number of phenols is 1. The Kier molecular flexibility index (Phi) is 3.16. The number of carboxylic acid groups (broad SMARTS) is 1. The Hall–Kier alpha value is -2.14. The van der Waals surface area contributed by atoms with Crippen LogP contribution in [0.4, 0.5) is 4.39 Å². The van der Waals surface area contributed by atoms with Gasteiger partial charge in [-0.1, -0.05) is 11.6 Å². The van der Waals surface area contributed by atoms with Gasteiger partial charge in [0.25, 0.3) is 0 Å². The number of aromatic nitrogens is 1. The Labute approximate surface area is 106 Å². The number of halogens is 2. The van der Waals surface area contributed by atoms with E-state index in [0.717, 1.165) is 12.1 Å². The third-order valence-electron chi connectivity index (χ3n) is 2.34. The van der Waals surface area contributed by atoms with Crippen LogP contribution in [-0.2, 0) is 0 Å². The molecule has 0 saturated heterocycles. The van der Waals surface area contributed by atoms with E-state index in [2.05, 4.69) is 4.98 Å². The van der Waals surface area contributed by atoms with Crippen LogP contribution in [0, 0.1) is 5.82 Å². The van der Waals surface area contributed by atoms with E-state index in [1.807, 2.05) is 0 Å². The minimum atomic E-state index is -1.23. The van der Waals surface area contributed by atoms with Crippen molar-refractivity contribution in [2.45, 2.75) is 0 Å². The molecule has 0 saturated carbocycles. The molecule has 0 unspecified atom stereocenters. The van der Waals surface area contributed by atoms with Gasteiger partial charge in [0.15, 0.2) is 0 Å². The van der Waals surface area contributed by atoms with Crippen molar-refractivity contribution in [1.29, 1.82) is 0 Å². The van der Waals surface area contributed by atoms with E-state index < -0.39 is 11.8 Å². The first-order valence-electron chi connectivity index (χ1n) is 4.87. The maximum Gasteiger partial charge on any atom is 0.338 e. The summed E-state index contributed by atoms with van der Waals surface area (Å²) in [7, 11) is 0. The molecule has 0 atom stereocenters. The summed E-state index contributed by atoms with van der Waals surface area (Å²) >= 11 is 5.63. The quantitative estimate of drug-likeness (QED) is 0.821. The molecule has 2 N–H and O–H groups in total. The van der Waals surface area contributed by atoms with Crippen LogP contribution in [0.15, 0.2) is 30.5 Å². The summed E-state index contributed by atoms with van der Waals surface area (Å²) in [5.74, 6) is -2.11. The minimum absolute atomic E-state index is 0.146. The summed E-state index contributed by atoms with van der Waals surface area (Å²) < 4.78 is 12.8. The Morgan fingerprint density at radius 3 is 2.67 bits per heavy atom. The van der Waals surface area contributed by atoms with E-state index in [9.17, 15) is 14.3 Å². The van der Waals surface area contributed by atoms with E-state index >= 15 is 0 Å². The highest BCUT2D eigenvalue weighted by atomic mass is 35.5. The van der Waals surface area contributed by atoms with Crippen molar-refractivity contribution in [3.63, 3.8) is 0 Å². The first kappa shape index (κ1) is 12.3. The number of hydrogen-bond donors (Lipinski definition) is 2. The van der Waals surface area contributed by atoms with Crippen LogP contribution >= 0.6 is 11.6 Å². The van der Waals surface area contributed by atoms with Gasteiger partial charge in [-0.25, -0.2) is 14.2 Å². The molecule has 0 aliphatic carbocycles. The van der Waals surface area contributed by atoms with E-state index in [1.165, 1.54) is 18.3 Å². The van der Waals surface area contributed by atoms with Crippen molar-refractivity contribution < 1.29 is 19.4 Å². The molecule has 2 aromatic rings. The summed E-state index contributed by atoms with van der Waals surface area (Å²) in [5, 5.41) is 18.4. The third-order valence-corrected chi connectivity index (χ3v) is 2.64. The number of hydrogen-bond acceptors (Lipinski definition) is 3. The molecule has 18 heavy (non-hydrogen) atoms. The van der Waals surface area contributed by atoms with Gasteiger partial charge in [0.2, 0.25) is 0 Å². The lowest BCUT2D eigenvalue weighted by atomic mass is 10.0. The first-order chi connectivity index (χ1) is 8.49. The van der Waals surface area contributed by atoms with E-state index in [0.29, 0.717) is 5.56 Å². The summed E-state index contributed by atoms with van der Waals surface area (Å²) in [5.41, 5.74) is 0.440. The molecule has 6 heteroatoms. The number of aromatic carboxylic acids is 1. The lowest BCUT2D eigenvalue weighted by molar-refractivity contribution is 0.0696. The number of nitrogens with zero attached hydrogens (tertiary/aromatic N) is 1. The fourth-order valence-corrected chi connectivity index (χ4v) is 1.68. The van der Waals surface area contributed by atoms with Crippen LogP contribution in [0.3, 0.4) is 0 Å². The topological polar surface area (TPSA) is 70.4 Å². The standard InChI is InChI=1S/C12H7ClFNO3/c13-11-9(12(17)18)3-6(5-15-11)8-2-1-7(14)4-10(8)16/h1-5,16H,(H,17,18). The van der Waals surface area contributed by atoms with Crippen LogP contribution in [0.1, 0.15) is 10.4 Å². The van der Waals surface area contributed by atoms with Gasteiger partial charge in [0, 0.05) is 23.4 Å². The smallest absolute Gasteiger partial charge is 0.338 e. The average molecular weight is 268 g/mol. The van der Waals surface area contributed by atoms with Gasteiger partial charge in [0.05, 0.1) is 5.56 Å². The SMILES string of the molecule is O=C(O)c1cc(-c2ccc(F)cc2O)cnc1Cl.